The molecular formula is C66H120O12. The highest BCUT2D eigenvalue weighted by Crippen LogP contribution is 2.60. The number of carbonyl (C=O) groups excluding carboxylic acids is 6. The number of ether oxygens (including phenoxy) is 6. The number of carbonyl (C=O) groups is 6. The maximum atomic E-state index is 12.9. The Morgan fingerprint density at radius 1 is 0.449 bits per heavy atom. The lowest BCUT2D eigenvalue weighted by Gasteiger charge is -2.59. The van der Waals surface area contributed by atoms with Crippen LogP contribution in [0.25, 0.3) is 0 Å². The van der Waals surface area contributed by atoms with E-state index >= 15 is 0 Å². The third kappa shape index (κ3) is 16.1. The maximum absolute atomic E-state index is 12.9. The molecule has 12 heteroatoms. The van der Waals surface area contributed by atoms with Crippen LogP contribution in [0.2, 0.25) is 0 Å². The van der Waals surface area contributed by atoms with Gasteiger partial charge in [0.25, 0.3) is 0 Å². The van der Waals surface area contributed by atoms with Crippen LogP contribution in [0.4, 0.5) is 0 Å². The molecule has 456 valence electrons. The molecule has 0 N–H and O–H groups in total. The molecule has 0 amide bonds. The van der Waals surface area contributed by atoms with Gasteiger partial charge in [-0.05, 0) is 239 Å². The minimum Gasteiger partial charge on any atom is -0.462 e. The molecule has 0 aromatic heterocycles. The van der Waals surface area contributed by atoms with Crippen molar-refractivity contribution in [3.8, 4) is 0 Å². The first kappa shape index (κ1) is 72.8. The second-order valence-electron chi connectivity index (χ2n) is 27.1. The molecule has 8 unspecified atom stereocenters. The lowest BCUT2D eigenvalue weighted by molar-refractivity contribution is -0.208. The van der Waals surface area contributed by atoms with Crippen LogP contribution in [0.5, 0.6) is 0 Å². The fourth-order valence-electron chi connectivity index (χ4n) is 14.7. The van der Waals surface area contributed by atoms with Crippen LogP contribution in [0.15, 0.2) is 0 Å². The van der Waals surface area contributed by atoms with E-state index in [1.54, 1.807) is 0 Å². The minimum absolute atomic E-state index is 0. The van der Waals surface area contributed by atoms with Crippen LogP contribution < -0.4 is 0 Å². The van der Waals surface area contributed by atoms with Crippen LogP contribution in [0.1, 0.15) is 275 Å². The van der Waals surface area contributed by atoms with E-state index in [0.717, 1.165) is 121 Å². The van der Waals surface area contributed by atoms with Gasteiger partial charge in [-0.2, -0.15) is 0 Å². The Morgan fingerprint density at radius 3 is 1.21 bits per heavy atom. The predicted octanol–water partition coefficient (Wildman–Crippen LogP) is 16.4. The minimum atomic E-state index is -0.549. The standard InChI is InChI=1S/C21H34O4.C20H32O4.C19H30O4.6CH4/c1-5-20(3,4)19(23)24-17-13-14-11-15(17)16(12-14)18(22)25-21(6-2)9-7-8-10-21;1-5-19(2,3)18(22)23-16-12-13-10-14(16)15(11-13)17(21)24-20(4)8-6-7-9-20;1-5-18(2,3)17(21)22-11-16(20)23-19(4)14-7-12-6-13(9-14)10-15(19)8-12;;;;;;/h14-17H,5-13H2,1-4H3;13-16H,5-12H2,1-4H3;12-15H,5-11H2,1-4H3;6*1H4. The average molecular weight is 1110 g/mol. The highest BCUT2D eigenvalue weighted by molar-refractivity contribution is 5.80. The van der Waals surface area contributed by atoms with E-state index in [1.165, 1.54) is 32.1 Å². The smallest absolute Gasteiger partial charge is 0.344 e. The summed E-state index contributed by atoms with van der Waals surface area (Å²) in [6, 6.07) is 0. The lowest BCUT2D eigenvalue weighted by atomic mass is 9.50. The highest BCUT2D eigenvalue weighted by atomic mass is 16.6. The van der Waals surface area contributed by atoms with Gasteiger partial charge >= 0.3 is 35.8 Å². The highest BCUT2D eigenvalue weighted by Gasteiger charge is 2.58. The summed E-state index contributed by atoms with van der Waals surface area (Å²) in [5.74, 6) is 2.77. The molecule has 0 aromatic rings. The van der Waals surface area contributed by atoms with Crippen molar-refractivity contribution >= 4 is 35.8 Å². The molecule has 0 aliphatic heterocycles. The Bertz CT molecular complexity index is 1930. The summed E-state index contributed by atoms with van der Waals surface area (Å²) in [7, 11) is 0. The van der Waals surface area contributed by atoms with E-state index in [2.05, 4.69) is 20.8 Å². The Kier molecular flexibility index (Phi) is 26.8. The zero-order chi connectivity index (χ0) is 52.6. The molecule has 0 saturated heterocycles. The topological polar surface area (TPSA) is 158 Å². The second kappa shape index (κ2) is 28.7. The van der Waals surface area contributed by atoms with Gasteiger partial charge in [-0.3, -0.25) is 24.0 Å². The number of hydrogen-bond acceptors (Lipinski definition) is 12. The Morgan fingerprint density at radius 2 is 0.821 bits per heavy atom. The van der Waals surface area contributed by atoms with E-state index in [0.29, 0.717) is 30.1 Å². The van der Waals surface area contributed by atoms with Crippen LogP contribution in [-0.2, 0) is 57.2 Å². The Hall–Kier alpha value is -3.18. The summed E-state index contributed by atoms with van der Waals surface area (Å²) in [6.07, 6.45) is 23.3. The quantitative estimate of drug-likeness (QED) is 0.107. The van der Waals surface area contributed by atoms with Gasteiger partial charge in [-0.1, -0.05) is 72.3 Å². The van der Waals surface area contributed by atoms with Gasteiger partial charge < -0.3 is 28.4 Å². The van der Waals surface area contributed by atoms with E-state index < -0.39 is 16.2 Å². The molecule has 0 heterocycles. The molecule has 10 aliphatic carbocycles. The molecule has 0 radical (unpaired) electrons. The summed E-state index contributed by atoms with van der Waals surface area (Å²) in [5.41, 5.74) is -2.29. The molecule has 10 saturated carbocycles. The van der Waals surface area contributed by atoms with Crippen molar-refractivity contribution in [2.45, 2.75) is 304 Å². The monoisotopic (exact) mass is 1100 g/mol. The fraction of sp³-hybridized carbons (Fsp3) is 0.909. The normalized spacial score (nSPS) is 32.6. The molecule has 10 aliphatic rings. The zero-order valence-corrected chi connectivity index (χ0v) is 46.8. The fourth-order valence-corrected chi connectivity index (χ4v) is 14.7. The first-order chi connectivity index (χ1) is 33.8. The number of hydrogen-bond donors (Lipinski definition) is 0. The van der Waals surface area contributed by atoms with Gasteiger partial charge in [0.1, 0.15) is 29.0 Å². The molecule has 10 fully saturated rings. The third-order valence-electron chi connectivity index (χ3n) is 20.8. The number of rotatable bonds is 16. The van der Waals surface area contributed by atoms with E-state index in [1.807, 2.05) is 62.3 Å². The predicted molar refractivity (Wildman–Crippen MR) is 314 cm³/mol. The first-order valence-corrected chi connectivity index (χ1v) is 29.1. The Labute approximate surface area is 477 Å². The molecule has 0 aromatic carbocycles. The molecule has 0 spiro atoms. The van der Waals surface area contributed by atoms with Gasteiger partial charge in [0.15, 0.2) is 6.61 Å². The van der Waals surface area contributed by atoms with Crippen molar-refractivity contribution < 1.29 is 57.2 Å². The van der Waals surface area contributed by atoms with Crippen LogP contribution in [-0.4, -0.2) is 71.4 Å². The van der Waals surface area contributed by atoms with E-state index in [9.17, 15) is 28.8 Å². The van der Waals surface area contributed by atoms with Crippen LogP contribution in [0, 0.1) is 75.4 Å². The van der Waals surface area contributed by atoms with Crippen molar-refractivity contribution in [3.63, 3.8) is 0 Å². The number of esters is 6. The molecule has 8 atom stereocenters. The SMILES string of the molecule is C.C.C.C.C.C.CCC(C)(C)C(=O)OC1CC2CC(C(=O)OC3(C)CCCC3)C1C2.CCC(C)(C)C(=O)OCC(=O)OC1(C)C2CC3CC(C2)CC1C3.CCC1(OC(=O)C2CC3CC(OC(=O)C(C)(C)CC)C2C3)CCCC1. The summed E-state index contributed by atoms with van der Waals surface area (Å²) in [6.45, 7) is 23.4. The zero-order valence-electron chi connectivity index (χ0n) is 46.8. The molecule has 10 rings (SSSR count). The van der Waals surface area contributed by atoms with Gasteiger partial charge in [0.05, 0.1) is 28.1 Å². The summed E-state index contributed by atoms with van der Waals surface area (Å²) < 4.78 is 34.7. The van der Waals surface area contributed by atoms with Crippen molar-refractivity contribution in [3.05, 3.63) is 0 Å². The van der Waals surface area contributed by atoms with Crippen molar-refractivity contribution in [1.82, 2.24) is 0 Å². The Balaban J connectivity index is 0.000000564. The average Bonchev–Trinajstić information content (AvgIpc) is 4.23. The molecule has 12 nitrogen and oxygen atoms in total. The van der Waals surface area contributed by atoms with E-state index in [-0.39, 0.29) is 140 Å². The van der Waals surface area contributed by atoms with Gasteiger partial charge in [0.2, 0.25) is 0 Å². The third-order valence-corrected chi connectivity index (χ3v) is 20.8. The summed E-state index contributed by atoms with van der Waals surface area (Å²) in [4.78, 5) is 74.7. The number of fused-ring (bicyclic) bond motifs is 4. The van der Waals surface area contributed by atoms with Crippen LogP contribution >= 0.6 is 0 Å². The first-order valence-electron chi connectivity index (χ1n) is 29.1. The second-order valence-corrected chi connectivity index (χ2v) is 27.1. The van der Waals surface area contributed by atoms with Crippen LogP contribution in [0.3, 0.4) is 0 Å². The van der Waals surface area contributed by atoms with Crippen molar-refractivity contribution in [2.24, 2.45) is 75.4 Å². The van der Waals surface area contributed by atoms with Gasteiger partial charge in [0, 0.05) is 11.8 Å². The largest absolute Gasteiger partial charge is 0.462 e. The van der Waals surface area contributed by atoms with Crippen molar-refractivity contribution in [1.29, 1.82) is 0 Å². The van der Waals surface area contributed by atoms with Gasteiger partial charge in [-0.15, -0.1) is 0 Å². The summed E-state index contributed by atoms with van der Waals surface area (Å²) in [5, 5.41) is 0. The maximum Gasteiger partial charge on any atom is 0.344 e. The van der Waals surface area contributed by atoms with Gasteiger partial charge in [-0.25, -0.2) is 4.79 Å². The van der Waals surface area contributed by atoms with Crippen molar-refractivity contribution in [2.75, 3.05) is 6.61 Å². The molecule has 78 heavy (non-hydrogen) atoms. The molecular weight excluding hydrogens is 985 g/mol. The molecule has 8 bridgehead atoms. The lowest BCUT2D eigenvalue weighted by Crippen LogP contribution is -2.58. The van der Waals surface area contributed by atoms with E-state index in [4.69, 9.17) is 28.4 Å². The summed E-state index contributed by atoms with van der Waals surface area (Å²) >= 11 is 0.